The number of carboxylic acids is 1. The number of carbonyl (C=O) groups is 1. The fourth-order valence-electron chi connectivity index (χ4n) is 1.31. The van der Waals surface area contributed by atoms with E-state index in [-0.39, 0.29) is 16.3 Å². The number of hydrogen-bond donors (Lipinski definition) is 2. The Morgan fingerprint density at radius 2 is 2.16 bits per heavy atom. The molecule has 2 rings (SSSR count). The van der Waals surface area contributed by atoms with Gasteiger partial charge in [0, 0.05) is 10.8 Å². The fraction of sp³-hybridized carbons (Fsp3) is 0.200. The minimum absolute atomic E-state index is 0.00937. The van der Waals surface area contributed by atoms with Crippen LogP contribution in [0.25, 0.3) is 0 Å². The van der Waals surface area contributed by atoms with E-state index in [1.165, 1.54) is 16.7 Å². The molecule has 9 heteroatoms. The average molecular weight is 318 g/mol. The molecule has 0 atom stereocenters. The van der Waals surface area contributed by atoms with Crippen LogP contribution in [-0.2, 0) is 16.6 Å². The lowest BCUT2D eigenvalue weighted by Gasteiger charge is -2.02. The van der Waals surface area contributed by atoms with Gasteiger partial charge in [0.25, 0.3) is 0 Å². The number of hydrogen-bond acceptors (Lipinski definition) is 6. The van der Waals surface area contributed by atoms with Crippen molar-refractivity contribution < 1.29 is 18.3 Å². The van der Waals surface area contributed by atoms with Crippen LogP contribution in [0.15, 0.2) is 21.7 Å². The lowest BCUT2D eigenvalue weighted by atomic mass is 10.5. The Morgan fingerprint density at radius 1 is 1.42 bits per heavy atom. The predicted octanol–water partition coefficient (Wildman–Crippen LogP) is 1.69. The Hall–Kier alpha value is -1.29. The Morgan fingerprint density at radius 3 is 2.68 bits per heavy atom. The van der Waals surface area contributed by atoms with Gasteiger partial charge in [0.2, 0.25) is 10.0 Å². The normalized spacial score (nSPS) is 11.6. The van der Waals surface area contributed by atoms with Crippen LogP contribution in [0, 0.1) is 6.92 Å². The number of aryl methyl sites for hydroxylation is 1. The molecule has 6 nitrogen and oxygen atoms in total. The summed E-state index contributed by atoms with van der Waals surface area (Å²) in [5.74, 6) is -1.14. The van der Waals surface area contributed by atoms with Crippen molar-refractivity contribution in [1.82, 2.24) is 9.71 Å². The van der Waals surface area contributed by atoms with E-state index in [4.69, 9.17) is 5.11 Å². The molecule has 0 aliphatic rings. The van der Waals surface area contributed by atoms with Crippen LogP contribution >= 0.6 is 22.7 Å². The zero-order chi connectivity index (χ0) is 14.0. The van der Waals surface area contributed by atoms with Crippen molar-refractivity contribution in [2.24, 2.45) is 0 Å². The molecule has 0 aromatic carbocycles. The number of nitrogens with zero attached hydrogens (tertiary/aromatic N) is 1. The molecule has 2 aromatic rings. The van der Waals surface area contributed by atoms with Gasteiger partial charge in [0.1, 0.15) is 4.88 Å². The topological polar surface area (TPSA) is 96.4 Å². The first-order chi connectivity index (χ1) is 8.88. The van der Waals surface area contributed by atoms with Crippen molar-refractivity contribution in [3.63, 3.8) is 0 Å². The minimum atomic E-state index is -3.70. The van der Waals surface area contributed by atoms with E-state index in [1.54, 1.807) is 5.38 Å². The van der Waals surface area contributed by atoms with E-state index in [9.17, 15) is 13.2 Å². The lowest BCUT2D eigenvalue weighted by Crippen LogP contribution is -2.23. The van der Waals surface area contributed by atoms with Gasteiger partial charge in [0.15, 0.2) is 0 Å². The number of aromatic nitrogens is 1. The highest BCUT2D eigenvalue weighted by atomic mass is 32.2. The molecule has 0 fully saturated rings. The molecule has 2 aromatic heterocycles. The first-order valence-corrected chi connectivity index (χ1v) is 8.35. The summed E-state index contributed by atoms with van der Waals surface area (Å²) in [7, 11) is -3.70. The second kappa shape index (κ2) is 5.37. The molecule has 102 valence electrons. The minimum Gasteiger partial charge on any atom is -0.477 e. The third kappa shape index (κ3) is 3.38. The Kier molecular flexibility index (Phi) is 3.99. The van der Waals surface area contributed by atoms with Gasteiger partial charge in [-0.1, -0.05) is 0 Å². The van der Waals surface area contributed by atoms with Crippen LogP contribution in [0.1, 0.15) is 20.4 Å². The summed E-state index contributed by atoms with van der Waals surface area (Å²) in [5.41, 5.74) is 0.639. The Balaban J connectivity index is 2.11. The first-order valence-electron chi connectivity index (χ1n) is 5.11. The molecule has 0 spiro atoms. The molecule has 0 unspecified atom stereocenters. The van der Waals surface area contributed by atoms with Crippen molar-refractivity contribution in [3.8, 4) is 0 Å². The second-order valence-corrected chi connectivity index (χ2v) is 7.37. The lowest BCUT2D eigenvalue weighted by molar-refractivity contribution is 0.0702. The van der Waals surface area contributed by atoms with E-state index >= 15 is 0 Å². The summed E-state index contributed by atoms with van der Waals surface area (Å²) in [4.78, 5) is 14.8. The molecule has 0 amide bonds. The van der Waals surface area contributed by atoms with Crippen LogP contribution in [-0.4, -0.2) is 24.5 Å². The second-order valence-electron chi connectivity index (χ2n) is 3.63. The maximum Gasteiger partial charge on any atom is 0.345 e. The zero-order valence-electron chi connectivity index (χ0n) is 9.78. The third-order valence-electron chi connectivity index (χ3n) is 2.21. The monoisotopic (exact) mass is 318 g/mol. The highest BCUT2D eigenvalue weighted by Gasteiger charge is 2.18. The highest BCUT2D eigenvalue weighted by molar-refractivity contribution is 7.89. The van der Waals surface area contributed by atoms with E-state index in [1.807, 2.05) is 6.92 Å². The predicted molar refractivity (Wildman–Crippen MR) is 72.2 cm³/mol. The third-order valence-corrected chi connectivity index (χ3v) is 5.48. The molecule has 2 N–H and O–H groups in total. The van der Waals surface area contributed by atoms with E-state index in [0.717, 1.165) is 22.4 Å². The standard InChI is InChI=1S/C10H10N2O4S3/c1-6-12-7(4-17-6)3-11-19(15,16)8-2-9(10(13)14)18-5-8/h2,4-5,11H,3H2,1H3,(H,13,14). The van der Waals surface area contributed by atoms with Crippen molar-refractivity contribution in [2.75, 3.05) is 0 Å². The Bertz CT molecular complexity index is 702. The molecule has 0 aliphatic heterocycles. The van der Waals surface area contributed by atoms with Gasteiger partial charge < -0.3 is 5.11 Å². The molecular formula is C10H10N2O4S3. The summed E-state index contributed by atoms with van der Waals surface area (Å²) >= 11 is 2.32. The van der Waals surface area contributed by atoms with Gasteiger partial charge in [-0.2, -0.15) is 0 Å². The summed E-state index contributed by atoms with van der Waals surface area (Å²) in [6.45, 7) is 1.92. The van der Waals surface area contributed by atoms with Crippen molar-refractivity contribution in [1.29, 1.82) is 0 Å². The van der Waals surface area contributed by atoms with Crippen LogP contribution in [0.4, 0.5) is 0 Å². The van der Waals surface area contributed by atoms with Crippen LogP contribution < -0.4 is 4.72 Å². The number of carboxylic acid groups (broad SMARTS) is 1. The van der Waals surface area contributed by atoms with Gasteiger partial charge in [-0.05, 0) is 13.0 Å². The molecule has 0 aliphatic carbocycles. The van der Waals surface area contributed by atoms with Gasteiger partial charge in [-0.15, -0.1) is 22.7 Å². The number of nitrogens with one attached hydrogen (secondary N) is 1. The molecule has 2 heterocycles. The number of rotatable bonds is 5. The highest BCUT2D eigenvalue weighted by Crippen LogP contribution is 2.19. The van der Waals surface area contributed by atoms with Crippen molar-refractivity contribution in [2.45, 2.75) is 18.4 Å². The first kappa shape index (κ1) is 14.1. The SMILES string of the molecule is Cc1nc(CNS(=O)(=O)c2csc(C(=O)O)c2)cs1. The number of thiazole rings is 1. The summed E-state index contributed by atoms with van der Waals surface area (Å²) in [6, 6.07) is 1.14. The van der Waals surface area contributed by atoms with Gasteiger partial charge in [-0.3, -0.25) is 0 Å². The quantitative estimate of drug-likeness (QED) is 0.874. The smallest absolute Gasteiger partial charge is 0.345 e. The molecule has 0 saturated carbocycles. The number of aromatic carboxylic acids is 1. The molecule has 0 saturated heterocycles. The Labute approximate surface area is 117 Å². The molecule has 0 bridgehead atoms. The van der Waals surface area contributed by atoms with Crippen LogP contribution in [0.2, 0.25) is 0 Å². The van der Waals surface area contributed by atoms with Gasteiger partial charge >= 0.3 is 5.97 Å². The van der Waals surface area contributed by atoms with Crippen molar-refractivity contribution >= 4 is 38.7 Å². The molecule has 19 heavy (non-hydrogen) atoms. The van der Waals surface area contributed by atoms with Crippen LogP contribution in [0.3, 0.4) is 0 Å². The van der Waals surface area contributed by atoms with E-state index < -0.39 is 16.0 Å². The van der Waals surface area contributed by atoms with Gasteiger partial charge in [-0.25, -0.2) is 22.9 Å². The van der Waals surface area contributed by atoms with E-state index in [0.29, 0.717) is 5.69 Å². The maximum absolute atomic E-state index is 11.9. The van der Waals surface area contributed by atoms with Crippen LogP contribution in [0.5, 0.6) is 0 Å². The largest absolute Gasteiger partial charge is 0.477 e. The molecule has 0 radical (unpaired) electrons. The maximum atomic E-state index is 11.9. The zero-order valence-corrected chi connectivity index (χ0v) is 12.2. The van der Waals surface area contributed by atoms with Gasteiger partial charge in [0.05, 0.1) is 22.1 Å². The summed E-state index contributed by atoms with van der Waals surface area (Å²) in [5, 5.41) is 12.7. The van der Waals surface area contributed by atoms with Crippen molar-refractivity contribution in [3.05, 3.63) is 32.4 Å². The summed E-state index contributed by atoms with van der Waals surface area (Å²) < 4.78 is 26.2. The van der Waals surface area contributed by atoms with E-state index in [2.05, 4.69) is 9.71 Å². The fourth-order valence-corrected chi connectivity index (χ4v) is 4.04. The molecular weight excluding hydrogens is 308 g/mol. The summed E-state index contributed by atoms with van der Waals surface area (Å²) in [6.07, 6.45) is 0. The number of thiophene rings is 1. The average Bonchev–Trinajstić information content (AvgIpc) is 2.95. The number of sulfonamides is 1.